The Balaban J connectivity index is 2.40. The maximum Gasteiger partial charge on any atom is 0.238 e. The van der Waals surface area contributed by atoms with Gasteiger partial charge in [-0.2, -0.15) is 0 Å². The standard InChI is InChI=1S/C11H8ClF2NO2/c12-5-6-3-10(16)15(11(6)17)9-2-1-7(13)4-8(9)14/h1-2,4,6H,3,5H2. The van der Waals surface area contributed by atoms with Gasteiger partial charge in [-0.1, -0.05) is 0 Å². The summed E-state index contributed by atoms with van der Waals surface area (Å²) in [6, 6.07) is 2.69. The largest absolute Gasteiger partial charge is 0.274 e. The van der Waals surface area contributed by atoms with Crippen LogP contribution in [-0.4, -0.2) is 17.7 Å². The van der Waals surface area contributed by atoms with E-state index in [9.17, 15) is 18.4 Å². The van der Waals surface area contributed by atoms with Crippen molar-refractivity contribution in [2.24, 2.45) is 5.92 Å². The normalized spacial score (nSPS) is 20.2. The molecule has 0 saturated carbocycles. The van der Waals surface area contributed by atoms with Gasteiger partial charge in [0.1, 0.15) is 11.6 Å². The third-order valence-corrected chi connectivity index (χ3v) is 2.95. The second-order valence-corrected chi connectivity index (χ2v) is 4.03. The molecular formula is C11H8ClF2NO2. The van der Waals surface area contributed by atoms with E-state index < -0.39 is 29.4 Å². The van der Waals surface area contributed by atoms with Gasteiger partial charge in [0.15, 0.2) is 0 Å². The second-order valence-electron chi connectivity index (χ2n) is 3.72. The molecule has 6 heteroatoms. The highest BCUT2D eigenvalue weighted by molar-refractivity contribution is 6.25. The summed E-state index contributed by atoms with van der Waals surface area (Å²) in [6.07, 6.45) is -0.0425. The summed E-state index contributed by atoms with van der Waals surface area (Å²) >= 11 is 5.53. The fourth-order valence-corrected chi connectivity index (χ4v) is 1.97. The maximum atomic E-state index is 13.5. The van der Waals surface area contributed by atoms with Crippen LogP contribution in [0.15, 0.2) is 18.2 Å². The molecule has 90 valence electrons. The quantitative estimate of drug-likeness (QED) is 0.602. The Morgan fingerprint density at radius 1 is 1.35 bits per heavy atom. The zero-order valence-electron chi connectivity index (χ0n) is 8.62. The minimum absolute atomic E-state index is 0.00386. The monoisotopic (exact) mass is 259 g/mol. The Morgan fingerprint density at radius 2 is 2.06 bits per heavy atom. The predicted octanol–water partition coefficient (Wildman–Crippen LogP) is 2.08. The Labute approximate surface area is 101 Å². The van der Waals surface area contributed by atoms with Gasteiger partial charge in [0, 0.05) is 18.4 Å². The zero-order chi connectivity index (χ0) is 12.6. The number of alkyl halides is 1. The SMILES string of the molecule is O=C1CC(CCl)C(=O)N1c1ccc(F)cc1F. The first-order valence-electron chi connectivity index (χ1n) is 4.92. The number of hydrogen-bond donors (Lipinski definition) is 0. The van der Waals surface area contributed by atoms with Crippen molar-refractivity contribution in [3.05, 3.63) is 29.8 Å². The number of amides is 2. The van der Waals surface area contributed by atoms with E-state index in [1.165, 1.54) is 0 Å². The minimum Gasteiger partial charge on any atom is -0.274 e. The Bertz CT molecular complexity index is 492. The summed E-state index contributed by atoms with van der Waals surface area (Å²) in [4.78, 5) is 24.0. The first-order valence-corrected chi connectivity index (χ1v) is 5.46. The molecule has 0 aromatic heterocycles. The van der Waals surface area contributed by atoms with Crippen molar-refractivity contribution in [1.29, 1.82) is 0 Å². The molecule has 1 aliphatic rings. The van der Waals surface area contributed by atoms with Crippen molar-refractivity contribution in [2.45, 2.75) is 6.42 Å². The van der Waals surface area contributed by atoms with Gasteiger partial charge in [0.2, 0.25) is 11.8 Å². The third-order valence-electron chi connectivity index (χ3n) is 2.58. The molecule has 1 aliphatic heterocycles. The van der Waals surface area contributed by atoms with Gasteiger partial charge >= 0.3 is 0 Å². The van der Waals surface area contributed by atoms with Crippen LogP contribution in [0.3, 0.4) is 0 Å². The summed E-state index contributed by atoms with van der Waals surface area (Å²) in [6.45, 7) is 0. The number of rotatable bonds is 2. The topological polar surface area (TPSA) is 37.4 Å². The molecule has 0 bridgehead atoms. The molecule has 1 unspecified atom stereocenters. The van der Waals surface area contributed by atoms with Gasteiger partial charge in [-0.3, -0.25) is 9.59 Å². The van der Waals surface area contributed by atoms with Crippen molar-refractivity contribution in [3.8, 4) is 0 Å². The van der Waals surface area contributed by atoms with Crippen LogP contribution in [0.5, 0.6) is 0 Å². The predicted molar refractivity (Wildman–Crippen MR) is 57.7 cm³/mol. The van der Waals surface area contributed by atoms with Crippen molar-refractivity contribution < 1.29 is 18.4 Å². The van der Waals surface area contributed by atoms with Crippen molar-refractivity contribution >= 4 is 29.1 Å². The number of hydrogen-bond acceptors (Lipinski definition) is 2. The fourth-order valence-electron chi connectivity index (χ4n) is 1.73. The van der Waals surface area contributed by atoms with Gasteiger partial charge in [-0.15, -0.1) is 11.6 Å². The van der Waals surface area contributed by atoms with Crippen LogP contribution < -0.4 is 4.90 Å². The lowest BCUT2D eigenvalue weighted by atomic mass is 10.1. The van der Waals surface area contributed by atoms with Crippen LogP contribution in [0.4, 0.5) is 14.5 Å². The summed E-state index contributed by atoms with van der Waals surface area (Å²) in [7, 11) is 0. The molecule has 2 rings (SSSR count). The maximum absolute atomic E-state index is 13.5. The van der Waals surface area contributed by atoms with Gasteiger partial charge in [-0.25, -0.2) is 13.7 Å². The number of nitrogens with zero attached hydrogens (tertiary/aromatic N) is 1. The highest BCUT2D eigenvalue weighted by Gasteiger charge is 2.39. The van der Waals surface area contributed by atoms with Gasteiger partial charge in [0.05, 0.1) is 11.6 Å². The smallest absolute Gasteiger partial charge is 0.238 e. The molecule has 1 heterocycles. The molecule has 2 amide bonds. The molecular weight excluding hydrogens is 252 g/mol. The summed E-state index contributed by atoms with van der Waals surface area (Å²) in [5.74, 6) is -3.40. The first-order chi connectivity index (χ1) is 8.04. The molecule has 1 aromatic carbocycles. The van der Waals surface area contributed by atoms with E-state index in [4.69, 9.17) is 11.6 Å². The van der Waals surface area contributed by atoms with E-state index in [0.29, 0.717) is 6.07 Å². The van der Waals surface area contributed by atoms with E-state index in [2.05, 4.69) is 0 Å². The van der Waals surface area contributed by atoms with Crippen LogP contribution in [0.2, 0.25) is 0 Å². The van der Waals surface area contributed by atoms with E-state index in [1.807, 2.05) is 0 Å². The average Bonchev–Trinajstić information content (AvgIpc) is 2.55. The molecule has 1 fully saturated rings. The van der Waals surface area contributed by atoms with Crippen molar-refractivity contribution in [2.75, 3.05) is 10.8 Å². The zero-order valence-corrected chi connectivity index (χ0v) is 9.38. The number of benzene rings is 1. The van der Waals surface area contributed by atoms with Crippen LogP contribution >= 0.6 is 11.6 Å². The summed E-state index contributed by atoms with van der Waals surface area (Å²) in [5.41, 5.74) is -0.228. The number of carbonyl (C=O) groups is 2. The Kier molecular flexibility index (Phi) is 3.11. The number of anilines is 1. The lowest BCUT2D eigenvalue weighted by Gasteiger charge is -2.15. The average molecular weight is 260 g/mol. The first kappa shape index (κ1) is 12.0. The van der Waals surface area contributed by atoms with Crippen molar-refractivity contribution in [3.63, 3.8) is 0 Å². The van der Waals surface area contributed by atoms with Crippen LogP contribution in [-0.2, 0) is 9.59 Å². The van der Waals surface area contributed by atoms with Crippen LogP contribution in [0.25, 0.3) is 0 Å². The third kappa shape index (κ3) is 2.02. The lowest BCUT2D eigenvalue weighted by Crippen LogP contribution is -2.31. The Morgan fingerprint density at radius 3 is 2.59 bits per heavy atom. The molecule has 1 aromatic rings. The van der Waals surface area contributed by atoms with Crippen LogP contribution in [0.1, 0.15) is 6.42 Å². The molecule has 0 aliphatic carbocycles. The minimum atomic E-state index is -0.943. The molecule has 1 atom stereocenters. The fraction of sp³-hybridized carbons (Fsp3) is 0.273. The molecule has 17 heavy (non-hydrogen) atoms. The van der Waals surface area contributed by atoms with Gasteiger partial charge < -0.3 is 0 Å². The highest BCUT2D eigenvalue weighted by Crippen LogP contribution is 2.29. The highest BCUT2D eigenvalue weighted by atomic mass is 35.5. The lowest BCUT2D eigenvalue weighted by molar-refractivity contribution is -0.122. The summed E-state index contributed by atoms with van der Waals surface area (Å²) in [5, 5.41) is 0. The number of carbonyl (C=O) groups excluding carboxylic acids is 2. The van der Waals surface area contributed by atoms with E-state index in [0.717, 1.165) is 17.0 Å². The van der Waals surface area contributed by atoms with E-state index in [-0.39, 0.29) is 18.0 Å². The van der Waals surface area contributed by atoms with E-state index >= 15 is 0 Å². The van der Waals surface area contributed by atoms with Gasteiger partial charge in [0.25, 0.3) is 0 Å². The number of imide groups is 1. The molecule has 3 nitrogen and oxygen atoms in total. The Hall–Kier alpha value is -1.49. The van der Waals surface area contributed by atoms with Gasteiger partial charge in [-0.05, 0) is 12.1 Å². The molecule has 1 saturated heterocycles. The van der Waals surface area contributed by atoms with Crippen LogP contribution in [0, 0.1) is 17.6 Å². The molecule has 0 N–H and O–H groups in total. The summed E-state index contributed by atoms with van der Waals surface area (Å²) < 4.78 is 26.2. The molecule has 0 radical (unpaired) electrons. The van der Waals surface area contributed by atoms with E-state index in [1.54, 1.807) is 0 Å². The number of halogens is 3. The molecule has 0 spiro atoms. The second kappa shape index (κ2) is 4.41. The van der Waals surface area contributed by atoms with Crippen molar-refractivity contribution in [1.82, 2.24) is 0 Å².